The Kier molecular flexibility index (Phi) is 5.33. The van der Waals surface area contributed by atoms with E-state index in [1.807, 2.05) is 0 Å². The zero-order valence-corrected chi connectivity index (χ0v) is 14.1. The first kappa shape index (κ1) is 17.4. The van der Waals surface area contributed by atoms with E-state index in [2.05, 4.69) is 9.97 Å². The molecule has 1 N–H and O–H groups in total. The molecule has 0 radical (unpaired) electrons. The van der Waals surface area contributed by atoms with Gasteiger partial charge in [-0.15, -0.1) is 0 Å². The molecule has 1 fully saturated rings. The van der Waals surface area contributed by atoms with E-state index in [0.29, 0.717) is 36.5 Å². The molecule has 25 heavy (non-hydrogen) atoms. The van der Waals surface area contributed by atoms with Gasteiger partial charge in [-0.3, -0.25) is 0 Å². The van der Waals surface area contributed by atoms with Gasteiger partial charge in [0.2, 0.25) is 0 Å². The maximum Gasteiger partial charge on any atom is 0.407 e. The first-order chi connectivity index (χ1) is 12.0. The van der Waals surface area contributed by atoms with E-state index in [1.54, 1.807) is 24.4 Å². The third kappa shape index (κ3) is 4.36. The van der Waals surface area contributed by atoms with E-state index in [0.717, 1.165) is 5.69 Å². The standard InChI is InChI=1S/C17H17ClFN3O3/c18-13-2-1-12(14(19)9-13)10-25-16-20-6-3-15(21-16)11-4-7-22(8-5-11)17(23)24/h1-3,6,9,11H,4-5,7-8,10H2,(H,23,24). The summed E-state index contributed by atoms with van der Waals surface area (Å²) in [5.41, 5.74) is 1.18. The minimum Gasteiger partial charge on any atom is -0.465 e. The van der Waals surface area contributed by atoms with Crippen LogP contribution in [0.1, 0.15) is 30.0 Å². The highest BCUT2D eigenvalue weighted by molar-refractivity contribution is 6.30. The number of aromatic nitrogens is 2. The van der Waals surface area contributed by atoms with Crippen molar-refractivity contribution in [2.75, 3.05) is 13.1 Å². The molecule has 0 saturated carbocycles. The predicted molar refractivity (Wildman–Crippen MR) is 89.3 cm³/mol. The fourth-order valence-corrected chi connectivity index (χ4v) is 2.96. The van der Waals surface area contributed by atoms with Crippen LogP contribution >= 0.6 is 11.6 Å². The summed E-state index contributed by atoms with van der Waals surface area (Å²) < 4.78 is 19.3. The molecule has 8 heteroatoms. The lowest BCUT2D eigenvalue weighted by atomic mass is 9.93. The molecular formula is C17H17ClFN3O3. The summed E-state index contributed by atoms with van der Waals surface area (Å²) in [6.45, 7) is 0.969. The van der Waals surface area contributed by atoms with Crippen molar-refractivity contribution in [3.8, 4) is 6.01 Å². The summed E-state index contributed by atoms with van der Waals surface area (Å²) in [4.78, 5) is 20.8. The summed E-state index contributed by atoms with van der Waals surface area (Å²) in [6, 6.07) is 6.36. The van der Waals surface area contributed by atoms with E-state index in [4.69, 9.17) is 21.4 Å². The van der Waals surface area contributed by atoms with Crippen molar-refractivity contribution in [3.63, 3.8) is 0 Å². The van der Waals surface area contributed by atoms with Gasteiger partial charge in [-0.1, -0.05) is 17.7 Å². The molecule has 3 rings (SSSR count). The SMILES string of the molecule is O=C(O)N1CCC(c2ccnc(OCc3ccc(Cl)cc3F)n2)CC1. The van der Waals surface area contributed by atoms with E-state index >= 15 is 0 Å². The van der Waals surface area contributed by atoms with Gasteiger partial charge in [0.25, 0.3) is 0 Å². The minimum absolute atomic E-state index is 0.00388. The molecule has 2 heterocycles. The minimum atomic E-state index is -0.893. The molecule has 1 aromatic heterocycles. The lowest BCUT2D eigenvalue weighted by molar-refractivity contribution is 0.131. The van der Waals surface area contributed by atoms with Crippen LogP contribution in [-0.4, -0.2) is 39.2 Å². The zero-order valence-electron chi connectivity index (χ0n) is 13.4. The van der Waals surface area contributed by atoms with Gasteiger partial charge in [-0.2, -0.15) is 4.98 Å². The Morgan fingerprint density at radius 3 is 2.80 bits per heavy atom. The summed E-state index contributed by atoms with van der Waals surface area (Å²) in [5, 5.41) is 9.32. The van der Waals surface area contributed by atoms with Crippen LogP contribution in [0.5, 0.6) is 6.01 Å². The average Bonchev–Trinajstić information content (AvgIpc) is 2.61. The number of benzene rings is 1. The molecule has 1 aliphatic heterocycles. The molecule has 0 spiro atoms. The van der Waals surface area contributed by atoms with Crippen LogP contribution < -0.4 is 4.74 Å². The van der Waals surface area contributed by atoms with Crippen LogP contribution in [0.4, 0.5) is 9.18 Å². The number of piperidine rings is 1. The molecular weight excluding hydrogens is 349 g/mol. The van der Waals surface area contributed by atoms with Crippen molar-refractivity contribution in [3.05, 3.63) is 52.6 Å². The second-order valence-corrected chi connectivity index (χ2v) is 6.27. The quantitative estimate of drug-likeness (QED) is 0.894. The van der Waals surface area contributed by atoms with E-state index in [-0.39, 0.29) is 18.5 Å². The molecule has 2 aromatic rings. The Labute approximate surface area is 149 Å². The van der Waals surface area contributed by atoms with E-state index in [1.165, 1.54) is 11.0 Å². The van der Waals surface area contributed by atoms with Crippen molar-refractivity contribution in [1.82, 2.24) is 14.9 Å². The van der Waals surface area contributed by atoms with Crippen LogP contribution in [0, 0.1) is 5.82 Å². The van der Waals surface area contributed by atoms with Crippen LogP contribution in [-0.2, 0) is 6.61 Å². The molecule has 0 aliphatic carbocycles. The maximum atomic E-state index is 13.8. The van der Waals surface area contributed by atoms with Gasteiger partial charge in [0.1, 0.15) is 12.4 Å². The van der Waals surface area contributed by atoms with Crippen molar-refractivity contribution >= 4 is 17.7 Å². The monoisotopic (exact) mass is 365 g/mol. The Balaban J connectivity index is 1.63. The highest BCUT2D eigenvalue weighted by Crippen LogP contribution is 2.27. The summed E-state index contributed by atoms with van der Waals surface area (Å²) >= 11 is 5.73. The summed E-state index contributed by atoms with van der Waals surface area (Å²) in [5.74, 6) is -0.280. The summed E-state index contributed by atoms with van der Waals surface area (Å²) in [7, 11) is 0. The van der Waals surface area contributed by atoms with Crippen molar-refractivity contribution in [2.24, 2.45) is 0 Å². The Bertz CT molecular complexity index is 767. The van der Waals surface area contributed by atoms with Gasteiger partial charge in [0.05, 0.1) is 5.69 Å². The third-order valence-corrected chi connectivity index (χ3v) is 4.45. The molecule has 1 saturated heterocycles. The Hall–Kier alpha value is -2.41. The number of hydrogen-bond donors (Lipinski definition) is 1. The van der Waals surface area contributed by atoms with Gasteiger partial charge in [0, 0.05) is 35.8 Å². The summed E-state index contributed by atoms with van der Waals surface area (Å²) in [6.07, 6.45) is 2.11. The second-order valence-electron chi connectivity index (χ2n) is 5.83. The number of amides is 1. The molecule has 1 amide bonds. The number of likely N-dealkylation sites (tertiary alicyclic amines) is 1. The molecule has 0 unspecified atom stereocenters. The first-order valence-corrected chi connectivity index (χ1v) is 8.28. The van der Waals surface area contributed by atoms with Gasteiger partial charge in [0.15, 0.2) is 0 Å². The predicted octanol–water partition coefficient (Wildman–Crippen LogP) is 3.71. The highest BCUT2D eigenvalue weighted by Gasteiger charge is 2.24. The van der Waals surface area contributed by atoms with Crippen LogP contribution in [0.3, 0.4) is 0 Å². The number of carbonyl (C=O) groups is 1. The van der Waals surface area contributed by atoms with Crippen LogP contribution in [0.2, 0.25) is 5.02 Å². The number of rotatable bonds is 4. The lowest BCUT2D eigenvalue weighted by Gasteiger charge is -2.29. The third-order valence-electron chi connectivity index (χ3n) is 4.21. The molecule has 0 atom stereocenters. The number of ether oxygens (including phenoxy) is 1. The van der Waals surface area contributed by atoms with E-state index < -0.39 is 11.9 Å². The fraction of sp³-hybridized carbons (Fsp3) is 0.353. The topological polar surface area (TPSA) is 75.5 Å². The van der Waals surface area contributed by atoms with Crippen molar-refractivity contribution in [2.45, 2.75) is 25.4 Å². The van der Waals surface area contributed by atoms with Gasteiger partial charge in [-0.25, -0.2) is 14.2 Å². The highest BCUT2D eigenvalue weighted by atomic mass is 35.5. The number of nitrogens with zero attached hydrogens (tertiary/aromatic N) is 3. The Morgan fingerprint density at radius 2 is 2.12 bits per heavy atom. The number of carboxylic acid groups (broad SMARTS) is 1. The molecule has 1 aliphatic rings. The molecule has 1 aromatic carbocycles. The first-order valence-electron chi connectivity index (χ1n) is 7.90. The van der Waals surface area contributed by atoms with Gasteiger partial charge < -0.3 is 14.7 Å². The zero-order chi connectivity index (χ0) is 17.8. The average molecular weight is 366 g/mol. The van der Waals surface area contributed by atoms with Crippen molar-refractivity contribution < 1.29 is 19.0 Å². The normalized spacial score (nSPS) is 15.2. The molecule has 0 bridgehead atoms. The van der Waals surface area contributed by atoms with Crippen molar-refractivity contribution in [1.29, 1.82) is 0 Å². The number of hydrogen-bond acceptors (Lipinski definition) is 4. The van der Waals surface area contributed by atoms with Crippen LogP contribution in [0.15, 0.2) is 30.5 Å². The van der Waals surface area contributed by atoms with E-state index in [9.17, 15) is 9.18 Å². The molecule has 6 nitrogen and oxygen atoms in total. The van der Waals surface area contributed by atoms with Crippen LogP contribution in [0.25, 0.3) is 0 Å². The smallest absolute Gasteiger partial charge is 0.407 e. The number of halogens is 2. The molecule has 132 valence electrons. The largest absolute Gasteiger partial charge is 0.465 e. The van der Waals surface area contributed by atoms with Gasteiger partial charge >= 0.3 is 12.1 Å². The maximum absolute atomic E-state index is 13.8. The van der Waals surface area contributed by atoms with Gasteiger partial charge in [-0.05, 0) is 31.0 Å². The second kappa shape index (κ2) is 7.65. The Morgan fingerprint density at radius 1 is 1.36 bits per heavy atom. The fourth-order valence-electron chi connectivity index (χ4n) is 2.80. The lowest BCUT2D eigenvalue weighted by Crippen LogP contribution is -2.36.